The molecule has 0 saturated heterocycles. The van der Waals surface area contributed by atoms with E-state index in [-0.39, 0.29) is 0 Å². The van der Waals surface area contributed by atoms with E-state index >= 15 is 0 Å². The largest absolute Gasteiger partial charge is 0.369 e. The highest BCUT2D eigenvalue weighted by molar-refractivity contribution is 9.10. The predicted octanol–water partition coefficient (Wildman–Crippen LogP) is 5.75. The smallest absolute Gasteiger partial charge is 0.0421 e. The van der Waals surface area contributed by atoms with Gasteiger partial charge in [-0.1, -0.05) is 58.2 Å². The maximum absolute atomic E-state index is 3.60. The van der Waals surface area contributed by atoms with Gasteiger partial charge in [0.2, 0.25) is 0 Å². The third-order valence-electron chi connectivity index (χ3n) is 3.38. The molecule has 0 aliphatic carbocycles. The maximum atomic E-state index is 3.60. The molecule has 0 aliphatic heterocycles. The quantitative estimate of drug-likeness (QED) is 0.547. The summed E-state index contributed by atoms with van der Waals surface area (Å²) in [5, 5.41) is 0.911. The minimum absolute atomic E-state index is 0.587. The Hall–Kier alpha value is -0.0200. The van der Waals surface area contributed by atoms with E-state index in [1.807, 2.05) is 0 Å². The molecule has 102 valence electrons. The Kier molecular flexibility index (Phi) is 7.31. The van der Waals surface area contributed by atoms with Crippen LogP contribution in [0.25, 0.3) is 0 Å². The van der Waals surface area contributed by atoms with E-state index in [1.165, 1.54) is 30.5 Å². The molecule has 1 aromatic rings. The fourth-order valence-electron chi connectivity index (χ4n) is 2.04. The summed E-state index contributed by atoms with van der Waals surface area (Å²) in [7, 11) is 0. The first kappa shape index (κ1) is 16.0. The molecule has 18 heavy (non-hydrogen) atoms. The van der Waals surface area contributed by atoms with E-state index in [1.54, 1.807) is 0 Å². The number of rotatable bonds is 7. The third-order valence-corrected chi connectivity index (χ3v) is 4.47. The molecule has 0 radical (unpaired) electrons. The molecule has 0 heterocycles. The Bertz CT molecular complexity index is 366. The lowest BCUT2D eigenvalue weighted by Gasteiger charge is -2.32. The van der Waals surface area contributed by atoms with E-state index in [0.717, 1.165) is 16.3 Å². The van der Waals surface area contributed by atoms with Crippen molar-refractivity contribution in [3.63, 3.8) is 0 Å². The van der Waals surface area contributed by atoms with Gasteiger partial charge in [-0.25, -0.2) is 0 Å². The van der Waals surface area contributed by atoms with Gasteiger partial charge in [-0.3, -0.25) is 0 Å². The van der Waals surface area contributed by atoms with Gasteiger partial charge in [0.25, 0.3) is 0 Å². The first-order valence-corrected chi connectivity index (χ1v) is 8.66. The molecular weight excluding hydrogens is 354 g/mol. The van der Waals surface area contributed by atoms with Crippen LogP contribution in [0.4, 0.5) is 5.69 Å². The van der Waals surface area contributed by atoms with Gasteiger partial charge >= 0.3 is 0 Å². The summed E-state index contributed by atoms with van der Waals surface area (Å²) in [4.78, 5) is 2.55. The first-order chi connectivity index (χ1) is 8.63. The van der Waals surface area contributed by atoms with Gasteiger partial charge in [0, 0.05) is 28.1 Å². The second-order valence-corrected chi connectivity index (χ2v) is 6.19. The number of benzene rings is 1. The monoisotopic (exact) mass is 375 g/mol. The number of hydrogen-bond acceptors (Lipinski definition) is 1. The highest BCUT2D eigenvalue weighted by atomic mass is 79.9. The number of hydrogen-bond donors (Lipinski definition) is 0. The molecule has 0 spiro atoms. The molecule has 1 unspecified atom stereocenters. The molecule has 1 atom stereocenters. The van der Waals surface area contributed by atoms with Crippen molar-refractivity contribution in [1.82, 2.24) is 0 Å². The van der Waals surface area contributed by atoms with Crippen molar-refractivity contribution in [3.8, 4) is 0 Å². The molecule has 0 bridgehead atoms. The average molecular weight is 377 g/mol. The Morgan fingerprint density at radius 2 is 2.00 bits per heavy atom. The van der Waals surface area contributed by atoms with Gasteiger partial charge in [-0.05, 0) is 37.5 Å². The Balaban J connectivity index is 3.05. The summed E-state index contributed by atoms with van der Waals surface area (Å²) in [6.07, 6.45) is 3.67. The van der Waals surface area contributed by atoms with Gasteiger partial charge in [0.1, 0.15) is 0 Å². The lowest BCUT2D eigenvalue weighted by Crippen LogP contribution is -2.34. The number of nitrogens with zero attached hydrogens (tertiary/aromatic N) is 1. The summed E-state index contributed by atoms with van der Waals surface area (Å²) in [6.45, 7) is 7.97. The number of anilines is 1. The van der Waals surface area contributed by atoms with Gasteiger partial charge in [0.15, 0.2) is 0 Å². The summed E-state index contributed by atoms with van der Waals surface area (Å²) in [5.41, 5.74) is 2.73. The zero-order valence-corrected chi connectivity index (χ0v) is 14.7. The normalized spacial score (nSPS) is 12.5. The highest BCUT2D eigenvalue weighted by Gasteiger charge is 2.15. The number of alkyl halides is 1. The molecule has 0 fully saturated rings. The van der Waals surface area contributed by atoms with Gasteiger partial charge in [-0.2, -0.15) is 0 Å². The number of halogens is 2. The molecule has 3 heteroatoms. The summed E-state index contributed by atoms with van der Waals surface area (Å²) >= 11 is 7.19. The molecule has 1 rings (SSSR count). The van der Waals surface area contributed by atoms with E-state index in [2.05, 4.69) is 75.7 Å². The maximum Gasteiger partial charge on any atom is 0.0421 e. The fourth-order valence-corrected chi connectivity index (χ4v) is 2.87. The summed E-state index contributed by atoms with van der Waals surface area (Å²) in [5.74, 6) is 0. The van der Waals surface area contributed by atoms with E-state index < -0.39 is 0 Å². The lowest BCUT2D eigenvalue weighted by molar-refractivity contribution is 0.594. The zero-order valence-electron chi connectivity index (χ0n) is 11.5. The molecule has 1 aromatic carbocycles. The van der Waals surface area contributed by atoms with Gasteiger partial charge in [-0.15, -0.1) is 0 Å². The highest BCUT2D eigenvalue weighted by Crippen LogP contribution is 2.29. The fraction of sp³-hybridized carbons (Fsp3) is 0.600. The molecule has 0 saturated carbocycles. The van der Waals surface area contributed by atoms with Crippen molar-refractivity contribution in [2.45, 2.75) is 51.4 Å². The number of unbranched alkanes of at least 4 members (excludes halogenated alkanes) is 1. The van der Waals surface area contributed by atoms with Crippen LogP contribution in [0.5, 0.6) is 0 Å². The van der Waals surface area contributed by atoms with Crippen molar-refractivity contribution in [2.75, 3.05) is 11.4 Å². The van der Waals surface area contributed by atoms with Crippen molar-refractivity contribution < 1.29 is 0 Å². The zero-order chi connectivity index (χ0) is 13.5. The second kappa shape index (κ2) is 8.21. The molecule has 1 nitrogen and oxygen atoms in total. The van der Waals surface area contributed by atoms with Gasteiger partial charge < -0.3 is 4.90 Å². The van der Waals surface area contributed by atoms with Crippen LogP contribution in [-0.2, 0) is 5.33 Å². The second-order valence-electron chi connectivity index (χ2n) is 4.71. The van der Waals surface area contributed by atoms with Crippen LogP contribution in [0.2, 0.25) is 0 Å². The van der Waals surface area contributed by atoms with Gasteiger partial charge in [0.05, 0.1) is 0 Å². The first-order valence-electron chi connectivity index (χ1n) is 6.75. The molecule has 0 aromatic heterocycles. The Morgan fingerprint density at radius 1 is 1.28 bits per heavy atom. The van der Waals surface area contributed by atoms with Crippen LogP contribution < -0.4 is 4.90 Å². The predicted molar refractivity (Wildman–Crippen MR) is 88.8 cm³/mol. The molecule has 0 aliphatic rings. The Labute approximate surface area is 128 Å². The standard InChI is InChI=1S/C15H23Br2N/c1-4-6-9-18(12(3)5-2)15-10-14(17)8-7-13(15)11-16/h7-8,10,12H,4-6,9,11H2,1-3H3. The van der Waals surface area contributed by atoms with Crippen LogP contribution in [-0.4, -0.2) is 12.6 Å². The van der Waals surface area contributed by atoms with E-state index in [9.17, 15) is 0 Å². The summed E-state index contributed by atoms with van der Waals surface area (Å²) < 4.78 is 1.16. The molecular formula is C15H23Br2N. The minimum atomic E-state index is 0.587. The molecule has 0 N–H and O–H groups in total. The van der Waals surface area contributed by atoms with Crippen LogP contribution in [0.3, 0.4) is 0 Å². The topological polar surface area (TPSA) is 3.24 Å². The average Bonchev–Trinajstić information content (AvgIpc) is 2.39. The third kappa shape index (κ3) is 4.27. The van der Waals surface area contributed by atoms with Crippen molar-refractivity contribution >= 4 is 37.5 Å². The molecule has 0 amide bonds. The Morgan fingerprint density at radius 3 is 2.56 bits per heavy atom. The SMILES string of the molecule is CCCCN(c1cc(Br)ccc1CBr)C(C)CC. The van der Waals surface area contributed by atoms with Crippen LogP contribution in [0, 0.1) is 0 Å². The van der Waals surface area contributed by atoms with E-state index in [0.29, 0.717) is 6.04 Å². The van der Waals surface area contributed by atoms with Crippen molar-refractivity contribution in [3.05, 3.63) is 28.2 Å². The summed E-state index contributed by atoms with van der Waals surface area (Å²) in [6, 6.07) is 7.16. The van der Waals surface area contributed by atoms with Crippen LogP contribution in [0.15, 0.2) is 22.7 Å². The van der Waals surface area contributed by atoms with Crippen molar-refractivity contribution in [2.24, 2.45) is 0 Å². The van der Waals surface area contributed by atoms with Crippen LogP contribution >= 0.6 is 31.9 Å². The van der Waals surface area contributed by atoms with E-state index in [4.69, 9.17) is 0 Å². The van der Waals surface area contributed by atoms with Crippen LogP contribution in [0.1, 0.15) is 45.6 Å². The van der Waals surface area contributed by atoms with Crippen molar-refractivity contribution in [1.29, 1.82) is 0 Å². The minimum Gasteiger partial charge on any atom is -0.369 e. The lowest BCUT2D eigenvalue weighted by atomic mass is 10.1.